The third-order valence-electron chi connectivity index (χ3n) is 3.87. The normalized spacial score (nSPS) is 12.3. The molecule has 0 radical (unpaired) electrons. The zero-order chi connectivity index (χ0) is 20.7. The summed E-state index contributed by atoms with van der Waals surface area (Å²) in [6.45, 7) is 0.222. The molecule has 5 nitrogen and oxygen atoms in total. The Labute approximate surface area is 160 Å². The summed E-state index contributed by atoms with van der Waals surface area (Å²) >= 11 is 0. The molecule has 0 saturated carbocycles. The lowest BCUT2D eigenvalue weighted by atomic mass is 10.0. The highest BCUT2D eigenvalue weighted by Gasteiger charge is 2.28. The van der Waals surface area contributed by atoms with Gasteiger partial charge in [-0.15, -0.1) is 0 Å². The number of halogens is 3. The molecule has 150 valence electrons. The van der Waals surface area contributed by atoms with Gasteiger partial charge in [0, 0.05) is 5.69 Å². The number of benzene rings is 2. The number of aliphatic carboxylic acids is 1. The van der Waals surface area contributed by atoms with E-state index in [0.29, 0.717) is 17.7 Å². The molecule has 1 unspecified atom stereocenters. The van der Waals surface area contributed by atoms with E-state index in [2.05, 4.69) is 10.1 Å². The molecule has 2 aromatic carbocycles. The molecular weight excluding hydrogens is 375 g/mol. The van der Waals surface area contributed by atoms with Crippen molar-refractivity contribution in [2.45, 2.75) is 25.9 Å². The Morgan fingerprint density at radius 2 is 1.79 bits per heavy atom. The topological polar surface area (TPSA) is 75.6 Å². The summed E-state index contributed by atoms with van der Waals surface area (Å²) < 4.78 is 41.3. The minimum atomic E-state index is -4.43. The second-order valence-electron chi connectivity index (χ2n) is 6.42. The highest BCUT2D eigenvalue weighted by Crippen LogP contribution is 2.20. The van der Waals surface area contributed by atoms with Crippen LogP contribution in [0, 0.1) is 5.92 Å². The van der Waals surface area contributed by atoms with Crippen LogP contribution in [0.1, 0.15) is 18.1 Å². The number of nitrogens with one attached hydrogen (secondary N) is 1. The fraction of sp³-hybridized carbons (Fsp3) is 0.300. The SMILES string of the molecule is CC(Cc1ccc(NC(=O)Cc2cccc(OCC(F)(F)F)c2)cc1)C(=O)O. The molecule has 0 aliphatic heterocycles. The van der Waals surface area contributed by atoms with Crippen LogP contribution in [0.25, 0.3) is 0 Å². The number of hydrogen-bond acceptors (Lipinski definition) is 3. The van der Waals surface area contributed by atoms with E-state index in [0.717, 1.165) is 5.56 Å². The minimum absolute atomic E-state index is 0.0268. The molecule has 8 heteroatoms. The molecule has 0 bridgehead atoms. The van der Waals surface area contributed by atoms with Gasteiger partial charge in [0.2, 0.25) is 5.91 Å². The maximum absolute atomic E-state index is 12.2. The molecule has 28 heavy (non-hydrogen) atoms. The summed E-state index contributed by atoms with van der Waals surface area (Å²) in [6, 6.07) is 12.7. The average Bonchev–Trinajstić information content (AvgIpc) is 2.61. The summed E-state index contributed by atoms with van der Waals surface area (Å²) in [4.78, 5) is 23.0. The molecule has 2 N–H and O–H groups in total. The van der Waals surface area contributed by atoms with Crippen LogP contribution in [0.5, 0.6) is 5.75 Å². The molecule has 0 spiro atoms. The zero-order valence-corrected chi connectivity index (χ0v) is 15.1. The fourth-order valence-electron chi connectivity index (χ4n) is 2.47. The van der Waals surface area contributed by atoms with Crippen LogP contribution in [-0.2, 0) is 22.4 Å². The van der Waals surface area contributed by atoms with Gasteiger partial charge >= 0.3 is 12.1 Å². The van der Waals surface area contributed by atoms with Gasteiger partial charge in [-0.05, 0) is 41.8 Å². The number of alkyl halides is 3. The van der Waals surface area contributed by atoms with Crippen molar-refractivity contribution in [3.63, 3.8) is 0 Å². The van der Waals surface area contributed by atoms with Gasteiger partial charge < -0.3 is 15.2 Å². The fourth-order valence-corrected chi connectivity index (χ4v) is 2.47. The Hall–Kier alpha value is -3.03. The van der Waals surface area contributed by atoms with Crippen molar-refractivity contribution in [2.75, 3.05) is 11.9 Å². The Bertz CT molecular complexity index is 819. The average molecular weight is 395 g/mol. The van der Waals surface area contributed by atoms with Crippen LogP contribution in [0.4, 0.5) is 18.9 Å². The molecule has 2 rings (SSSR count). The first-order valence-corrected chi connectivity index (χ1v) is 8.52. The van der Waals surface area contributed by atoms with Crippen LogP contribution in [0.2, 0.25) is 0 Å². The number of ether oxygens (including phenoxy) is 1. The predicted octanol–water partition coefficient (Wildman–Crippen LogP) is 4.07. The number of carboxylic acids is 1. The van der Waals surface area contributed by atoms with Crippen molar-refractivity contribution in [3.8, 4) is 5.75 Å². The van der Waals surface area contributed by atoms with E-state index >= 15 is 0 Å². The first-order valence-electron chi connectivity index (χ1n) is 8.52. The van der Waals surface area contributed by atoms with Crippen molar-refractivity contribution < 1.29 is 32.6 Å². The van der Waals surface area contributed by atoms with Crippen molar-refractivity contribution >= 4 is 17.6 Å². The Kier molecular flexibility index (Phi) is 7.03. The van der Waals surface area contributed by atoms with E-state index in [1.807, 2.05) is 0 Å². The third-order valence-corrected chi connectivity index (χ3v) is 3.87. The lowest BCUT2D eigenvalue weighted by Gasteiger charge is -2.11. The minimum Gasteiger partial charge on any atom is -0.484 e. The molecule has 2 aromatic rings. The summed E-state index contributed by atoms with van der Waals surface area (Å²) in [5, 5.41) is 11.6. The van der Waals surface area contributed by atoms with E-state index < -0.39 is 24.7 Å². The van der Waals surface area contributed by atoms with Gasteiger partial charge in [0.05, 0.1) is 12.3 Å². The molecule has 0 aromatic heterocycles. The van der Waals surface area contributed by atoms with Gasteiger partial charge in [-0.25, -0.2) is 0 Å². The molecule has 0 aliphatic rings. The first-order chi connectivity index (χ1) is 13.1. The number of anilines is 1. The standard InChI is InChI=1S/C20H20F3NO4/c1-13(19(26)27)9-14-5-7-16(8-6-14)24-18(25)11-15-3-2-4-17(10-15)28-12-20(21,22)23/h2-8,10,13H,9,11-12H2,1H3,(H,24,25)(H,26,27). The quantitative estimate of drug-likeness (QED) is 0.707. The second-order valence-corrected chi connectivity index (χ2v) is 6.42. The van der Waals surface area contributed by atoms with Crippen molar-refractivity contribution in [1.29, 1.82) is 0 Å². The zero-order valence-electron chi connectivity index (χ0n) is 15.1. The third kappa shape index (κ3) is 7.30. The molecule has 0 saturated heterocycles. The van der Waals surface area contributed by atoms with Gasteiger partial charge in [0.25, 0.3) is 0 Å². The van der Waals surface area contributed by atoms with Gasteiger partial charge in [0.15, 0.2) is 6.61 Å². The van der Waals surface area contributed by atoms with Gasteiger partial charge in [-0.2, -0.15) is 13.2 Å². The molecule has 0 heterocycles. The maximum Gasteiger partial charge on any atom is 0.422 e. The van der Waals surface area contributed by atoms with Crippen LogP contribution >= 0.6 is 0 Å². The smallest absolute Gasteiger partial charge is 0.422 e. The number of carbonyl (C=O) groups excluding carboxylic acids is 1. The first kappa shape index (κ1) is 21.3. The van der Waals surface area contributed by atoms with E-state index in [9.17, 15) is 22.8 Å². The van der Waals surface area contributed by atoms with Crippen LogP contribution in [0.3, 0.4) is 0 Å². The Morgan fingerprint density at radius 1 is 1.11 bits per heavy atom. The summed E-state index contributed by atoms with van der Waals surface area (Å²) in [6.07, 6.45) is -4.07. The molecular formula is C20H20F3NO4. The van der Waals surface area contributed by atoms with Crippen LogP contribution in [-0.4, -0.2) is 29.8 Å². The number of rotatable bonds is 8. The highest BCUT2D eigenvalue weighted by molar-refractivity contribution is 5.92. The molecule has 0 aliphatic carbocycles. The molecule has 1 atom stereocenters. The van der Waals surface area contributed by atoms with Crippen molar-refractivity contribution in [3.05, 3.63) is 59.7 Å². The Morgan fingerprint density at radius 3 is 2.39 bits per heavy atom. The summed E-state index contributed by atoms with van der Waals surface area (Å²) in [5.41, 5.74) is 1.90. The van der Waals surface area contributed by atoms with Crippen molar-refractivity contribution in [2.24, 2.45) is 5.92 Å². The van der Waals surface area contributed by atoms with Crippen molar-refractivity contribution in [1.82, 2.24) is 0 Å². The monoisotopic (exact) mass is 395 g/mol. The number of hydrogen-bond donors (Lipinski definition) is 2. The lowest BCUT2D eigenvalue weighted by Crippen LogP contribution is -2.19. The largest absolute Gasteiger partial charge is 0.484 e. The van der Waals surface area contributed by atoms with Gasteiger partial charge in [-0.1, -0.05) is 31.2 Å². The van der Waals surface area contributed by atoms with E-state index in [-0.39, 0.29) is 18.1 Å². The second kappa shape index (κ2) is 9.25. The number of amides is 1. The Balaban J connectivity index is 1.90. The van der Waals surface area contributed by atoms with E-state index in [4.69, 9.17) is 5.11 Å². The van der Waals surface area contributed by atoms with Gasteiger partial charge in [-0.3, -0.25) is 9.59 Å². The highest BCUT2D eigenvalue weighted by atomic mass is 19.4. The molecule has 1 amide bonds. The number of carbonyl (C=O) groups is 2. The van der Waals surface area contributed by atoms with E-state index in [1.165, 1.54) is 18.2 Å². The predicted molar refractivity (Wildman–Crippen MR) is 97.3 cm³/mol. The maximum atomic E-state index is 12.2. The molecule has 0 fully saturated rings. The van der Waals surface area contributed by atoms with Crippen LogP contribution in [0.15, 0.2) is 48.5 Å². The lowest BCUT2D eigenvalue weighted by molar-refractivity contribution is -0.153. The summed E-state index contributed by atoms with van der Waals surface area (Å²) in [5.74, 6) is -1.68. The number of carboxylic acid groups (broad SMARTS) is 1. The summed E-state index contributed by atoms with van der Waals surface area (Å²) in [7, 11) is 0. The van der Waals surface area contributed by atoms with Gasteiger partial charge in [0.1, 0.15) is 5.75 Å². The van der Waals surface area contributed by atoms with Crippen LogP contribution < -0.4 is 10.1 Å². The van der Waals surface area contributed by atoms with E-state index in [1.54, 1.807) is 37.3 Å².